The molecule has 1 aliphatic rings. The van der Waals surface area contributed by atoms with E-state index in [9.17, 15) is 4.79 Å². The normalized spacial score (nSPS) is 20.7. The second-order valence-corrected chi connectivity index (χ2v) is 6.52. The van der Waals surface area contributed by atoms with Crippen molar-refractivity contribution in [3.05, 3.63) is 65.2 Å². The molecule has 0 bridgehead atoms. The van der Waals surface area contributed by atoms with Gasteiger partial charge in [0.2, 0.25) is 0 Å². The molecule has 1 saturated heterocycles. The minimum Gasteiger partial charge on any atom is -0.479 e. The smallest absolute Gasteiger partial charge is 0.263 e. The van der Waals surface area contributed by atoms with Gasteiger partial charge in [0, 0.05) is 25.0 Å². The lowest BCUT2D eigenvalue weighted by molar-refractivity contribution is -0.136. The first-order valence-corrected chi connectivity index (χ1v) is 8.44. The van der Waals surface area contributed by atoms with Crippen molar-refractivity contribution in [3.8, 4) is 5.75 Å². The van der Waals surface area contributed by atoms with Crippen LogP contribution in [0.5, 0.6) is 5.75 Å². The molecule has 2 aromatic carbocycles. The molecule has 0 spiro atoms. The van der Waals surface area contributed by atoms with Crippen molar-refractivity contribution >= 4 is 29.9 Å². The lowest BCUT2D eigenvalue weighted by Crippen LogP contribution is -2.40. The number of rotatable bonds is 4. The highest BCUT2D eigenvalue weighted by molar-refractivity contribution is 6.32. The van der Waals surface area contributed by atoms with Crippen molar-refractivity contribution in [1.82, 2.24) is 4.90 Å². The van der Waals surface area contributed by atoms with Crippen LogP contribution in [-0.4, -0.2) is 36.0 Å². The van der Waals surface area contributed by atoms with Gasteiger partial charge in [0.25, 0.3) is 5.91 Å². The molecule has 3 atom stereocenters. The number of hydrogen-bond acceptors (Lipinski definition) is 3. The first-order valence-electron chi connectivity index (χ1n) is 8.06. The highest BCUT2D eigenvalue weighted by Crippen LogP contribution is 2.28. The molecule has 1 amide bonds. The number of amides is 1. The van der Waals surface area contributed by atoms with Gasteiger partial charge in [-0.25, -0.2) is 0 Å². The molecule has 2 aromatic rings. The Hall–Kier alpha value is -1.75. The number of hydrogen-bond donors (Lipinski definition) is 1. The van der Waals surface area contributed by atoms with Crippen LogP contribution in [0, 0.1) is 0 Å². The van der Waals surface area contributed by atoms with E-state index >= 15 is 0 Å². The molecule has 0 aliphatic carbocycles. The van der Waals surface area contributed by atoms with Crippen molar-refractivity contribution in [2.45, 2.75) is 25.0 Å². The molecule has 1 fully saturated rings. The van der Waals surface area contributed by atoms with Crippen molar-refractivity contribution in [2.75, 3.05) is 13.1 Å². The Labute approximate surface area is 159 Å². The third-order valence-corrected chi connectivity index (χ3v) is 4.70. The molecule has 0 radical (unpaired) electrons. The number of halogens is 2. The molecule has 3 rings (SSSR count). The monoisotopic (exact) mass is 380 g/mol. The zero-order valence-electron chi connectivity index (χ0n) is 14.0. The molecule has 4 nitrogen and oxygen atoms in total. The van der Waals surface area contributed by atoms with Crippen LogP contribution in [0.1, 0.15) is 18.4 Å². The largest absolute Gasteiger partial charge is 0.479 e. The molecule has 0 saturated carbocycles. The summed E-state index contributed by atoms with van der Waals surface area (Å²) < 4.78 is 5.73. The standard InChI is InChI=1S/C19H21ClN2O2.ClH/c1-13(24-18-10-6-5-9-16(18)20)19(23)22-11-15(17(21)12-22)14-7-3-2-4-8-14;/h2-10,13,15,17H,11-12,21H2,1H3;1H/t13?,15-,17+;/m0./s1. The summed E-state index contributed by atoms with van der Waals surface area (Å²) >= 11 is 6.09. The fourth-order valence-corrected chi connectivity index (χ4v) is 3.28. The molecule has 2 N–H and O–H groups in total. The van der Waals surface area contributed by atoms with Gasteiger partial charge in [0.15, 0.2) is 6.10 Å². The molecule has 1 aliphatic heterocycles. The third kappa shape index (κ3) is 4.46. The van der Waals surface area contributed by atoms with E-state index in [2.05, 4.69) is 12.1 Å². The molecule has 134 valence electrons. The maximum Gasteiger partial charge on any atom is 0.263 e. The number of benzene rings is 2. The maximum absolute atomic E-state index is 12.7. The summed E-state index contributed by atoms with van der Waals surface area (Å²) in [6, 6.07) is 17.2. The van der Waals surface area contributed by atoms with Gasteiger partial charge in [0.05, 0.1) is 5.02 Å². The topological polar surface area (TPSA) is 55.6 Å². The van der Waals surface area contributed by atoms with Gasteiger partial charge in [-0.2, -0.15) is 0 Å². The van der Waals surface area contributed by atoms with Crippen LogP contribution in [0.3, 0.4) is 0 Å². The SMILES string of the molecule is CC(Oc1ccccc1Cl)C(=O)N1C[C@@H](N)[C@H](c2ccccc2)C1.Cl. The summed E-state index contributed by atoms with van der Waals surface area (Å²) in [6.45, 7) is 2.89. The number of nitrogens with two attached hydrogens (primary N) is 1. The van der Waals surface area contributed by atoms with E-state index in [-0.39, 0.29) is 30.3 Å². The van der Waals surface area contributed by atoms with Crippen molar-refractivity contribution in [2.24, 2.45) is 5.73 Å². The van der Waals surface area contributed by atoms with Crippen molar-refractivity contribution in [1.29, 1.82) is 0 Å². The number of para-hydroxylation sites is 1. The quantitative estimate of drug-likeness (QED) is 0.882. The van der Waals surface area contributed by atoms with E-state index < -0.39 is 6.10 Å². The molecule has 1 unspecified atom stereocenters. The highest BCUT2D eigenvalue weighted by atomic mass is 35.5. The Bertz CT molecular complexity index is 712. The van der Waals surface area contributed by atoms with Gasteiger partial charge in [-0.05, 0) is 24.6 Å². The van der Waals surface area contributed by atoms with Gasteiger partial charge in [-0.3, -0.25) is 4.79 Å². The van der Waals surface area contributed by atoms with Crippen LogP contribution >= 0.6 is 24.0 Å². The van der Waals surface area contributed by atoms with Gasteiger partial charge < -0.3 is 15.4 Å². The van der Waals surface area contributed by atoms with Crippen LogP contribution in [0.25, 0.3) is 0 Å². The lowest BCUT2D eigenvalue weighted by Gasteiger charge is -2.22. The van der Waals surface area contributed by atoms with Crippen molar-refractivity contribution < 1.29 is 9.53 Å². The molecule has 1 heterocycles. The lowest BCUT2D eigenvalue weighted by atomic mass is 9.95. The van der Waals surface area contributed by atoms with Crippen LogP contribution in [0.15, 0.2) is 54.6 Å². The summed E-state index contributed by atoms with van der Waals surface area (Å²) in [6.07, 6.45) is -0.605. The van der Waals surface area contributed by atoms with E-state index in [0.717, 1.165) is 0 Å². The van der Waals surface area contributed by atoms with E-state index in [4.69, 9.17) is 22.1 Å². The maximum atomic E-state index is 12.7. The number of likely N-dealkylation sites (tertiary alicyclic amines) is 1. The summed E-state index contributed by atoms with van der Waals surface area (Å²) in [4.78, 5) is 14.5. The first-order chi connectivity index (χ1) is 11.6. The zero-order chi connectivity index (χ0) is 17.1. The average molecular weight is 381 g/mol. The second-order valence-electron chi connectivity index (χ2n) is 6.11. The summed E-state index contributed by atoms with van der Waals surface area (Å²) in [5, 5.41) is 0.498. The minimum absolute atomic E-state index is 0. The molecule has 25 heavy (non-hydrogen) atoms. The van der Waals surface area contributed by atoms with Crippen LogP contribution in [-0.2, 0) is 4.79 Å². The van der Waals surface area contributed by atoms with Crippen molar-refractivity contribution in [3.63, 3.8) is 0 Å². The number of carbonyl (C=O) groups excluding carboxylic acids is 1. The van der Waals surface area contributed by atoms with E-state index in [1.54, 1.807) is 24.0 Å². The fourth-order valence-electron chi connectivity index (χ4n) is 3.10. The molecular weight excluding hydrogens is 359 g/mol. The average Bonchev–Trinajstić information content (AvgIpc) is 2.98. The highest BCUT2D eigenvalue weighted by Gasteiger charge is 2.36. The Balaban J connectivity index is 0.00000225. The fraction of sp³-hybridized carbons (Fsp3) is 0.316. The number of nitrogens with zero attached hydrogens (tertiary/aromatic N) is 1. The van der Waals surface area contributed by atoms with Gasteiger partial charge >= 0.3 is 0 Å². The third-order valence-electron chi connectivity index (χ3n) is 4.39. The van der Waals surface area contributed by atoms with Crippen LogP contribution in [0.4, 0.5) is 0 Å². The summed E-state index contributed by atoms with van der Waals surface area (Å²) in [5.41, 5.74) is 7.43. The Morgan fingerprint density at radius 1 is 1.16 bits per heavy atom. The number of carbonyl (C=O) groups is 1. The predicted octanol–water partition coefficient (Wildman–Crippen LogP) is 3.48. The predicted molar refractivity (Wildman–Crippen MR) is 103 cm³/mol. The minimum atomic E-state index is -0.605. The van der Waals surface area contributed by atoms with Gasteiger partial charge in [-0.15, -0.1) is 12.4 Å². The molecular formula is C19H22Cl2N2O2. The first kappa shape index (κ1) is 19.6. The number of ether oxygens (including phenoxy) is 1. The second kappa shape index (κ2) is 8.56. The van der Waals surface area contributed by atoms with E-state index in [1.165, 1.54) is 5.56 Å². The summed E-state index contributed by atoms with van der Waals surface area (Å²) in [5.74, 6) is 0.606. The summed E-state index contributed by atoms with van der Waals surface area (Å²) in [7, 11) is 0. The van der Waals surface area contributed by atoms with Crippen LogP contribution in [0.2, 0.25) is 5.02 Å². The van der Waals surface area contributed by atoms with Gasteiger partial charge in [0.1, 0.15) is 5.75 Å². The van der Waals surface area contributed by atoms with E-state index in [0.29, 0.717) is 23.9 Å². The van der Waals surface area contributed by atoms with Crippen LogP contribution < -0.4 is 10.5 Å². The Kier molecular flexibility index (Phi) is 6.71. The zero-order valence-corrected chi connectivity index (χ0v) is 15.5. The Morgan fingerprint density at radius 2 is 1.80 bits per heavy atom. The van der Waals surface area contributed by atoms with E-state index in [1.807, 2.05) is 30.3 Å². The Morgan fingerprint density at radius 3 is 2.48 bits per heavy atom. The molecule has 0 aromatic heterocycles. The van der Waals surface area contributed by atoms with Gasteiger partial charge in [-0.1, -0.05) is 54.1 Å². The molecule has 6 heteroatoms.